The normalized spacial score (nSPS) is 18.2. The maximum atomic E-state index is 11.9. The molecule has 1 atom stereocenters. The summed E-state index contributed by atoms with van der Waals surface area (Å²) in [5.41, 5.74) is 3.60. The summed E-state index contributed by atoms with van der Waals surface area (Å²) in [5.74, 6) is -2.55. The van der Waals surface area contributed by atoms with Gasteiger partial charge in [-0.15, -0.1) is 0 Å². The summed E-state index contributed by atoms with van der Waals surface area (Å²) in [4.78, 5) is 45.0. The van der Waals surface area contributed by atoms with Gasteiger partial charge in [0.2, 0.25) is 0 Å². The Labute approximate surface area is 217 Å². The predicted octanol–water partition coefficient (Wildman–Crippen LogP) is 1.99. The van der Waals surface area contributed by atoms with Crippen LogP contribution in [0.3, 0.4) is 0 Å². The van der Waals surface area contributed by atoms with Crippen LogP contribution in [0.15, 0.2) is 42.5 Å². The Balaban J connectivity index is 1.98. The summed E-state index contributed by atoms with van der Waals surface area (Å²) < 4.78 is 0. The molecule has 2 heterocycles. The summed E-state index contributed by atoms with van der Waals surface area (Å²) in [7, 11) is 0. The van der Waals surface area contributed by atoms with Crippen molar-refractivity contribution < 1.29 is 29.7 Å². The molecule has 1 aliphatic rings. The molecule has 3 N–H and O–H groups in total. The van der Waals surface area contributed by atoms with E-state index in [1.807, 2.05) is 35.2 Å². The smallest absolute Gasteiger partial charge is 0.317 e. The second kappa shape index (κ2) is 13.3. The average molecular weight is 513 g/mol. The van der Waals surface area contributed by atoms with Gasteiger partial charge in [0.05, 0.1) is 31.0 Å². The first-order valence-corrected chi connectivity index (χ1v) is 12.5. The Morgan fingerprint density at radius 3 is 2.00 bits per heavy atom. The fourth-order valence-electron chi connectivity index (χ4n) is 4.66. The molecule has 2 bridgehead atoms. The van der Waals surface area contributed by atoms with E-state index < -0.39 is 17.9 Å². The number of carboxylic acid groups (broad SMARTS) is 3. The number of rotatable bonds is 9. The van der Waals surface area contributed by atoms with Crippen molar-refractivity contribution in [2.75, 3.05) is 39.3 Å². The SMILES string of the molecule is CC(C)c1ccc(C[C@H]2CN(CC(=O)O)CCN(CC(=O)O)Cc3cccc(n3)CN2CC(=O)O)cc1. The molecule has 0 spiro atoms. The second-order valence-electron chi connectivity index (χ2n) is 9.91. The number of hydrogen-bond acceptors (Lipinski definition) is 7. The van der Waals surface area contributed by atoms with Crippen molar-refractivity contribution in [2.24, 2.45) is 0 Å². The van der Waals surface area contributed by atoms with E-state index >= 15 is 0 Å². The number of fused-ring (bicyclic) bond motifs is 2. The highest BCUT2D eigenvalue weighted by atomic mass is 16.4. The third kappa shape index (κ3) is 9.23. The maximum Gasteiger partial charge on any atom is 0.317 e. The van der Waals surface area contributed by atoms with E-state index in [4.69, 9.17) is 0 Å². The molecule has 37 heavy (non-hydrogen) atoms. The van der Waals surface area contributed by atoms with Crippen molar-refractivity contribution >= 4 is 17.9 Å². The molecule has 0 saturated carbocycles. The minimum absolute atomic E-state index is 0.191. The third-order valence-corrected chi connectivity index (χ3v) is 6.51. The van der Waals surface area contributed by atoms with E-state index in [1.165, 1.54) is 5.56 Å². The van der Waals surface area contributed by atoms with Gasteiger partial charge in [0.1, 0.15) is 0 Å². The highest BCUT2D eigenvalue weighted by molar-refractivity contribution is 5.70. The van der Waals surface area contributed by atoms with Gasteiger partial charge < -0.3 is 15.3 Å². The van der Waals surface area contributed by atoms with Crippen LogP contribution in [0, 0.1) is 0 Å². The highest BCUT2D eigenvalue weighted by Crippen LogP contribution is 2.19. The molecule has 200 valence electrons. The van der Waals surface area contributed by atoms with Gasteiger partial charge in [0, 0.05) is 38.8 Å². The third-order valence-electron chi connectivity index (χ3n) is 6.51. The molecule has 0 radical (unpaired) electrons. The van der Waals surface area contributed by atoms with Crippen molar-refractivity contribution in [1.29, 1.82) is 0 Å². The molecule has 0 unspecified atom stereocenters. The molecule has 1 aromatic carbocycles. The summed E-state index contributed by atoms with van der Waals surface area (Å²) in [6, 6.07) is 13.4. The van der Waals surface area contributed by atoms with Crippen LogP contribution in [0.4, 0.5) is 0 Å². The number of aliphatic carboxylic acids is 3. The zero-order valence-corrected chi connectivity index (χ0v) is 21.4. The molecular weight excluding hydrogens is 476 g/mol. The van der Waals surface area contributed by atoms with Crippen molar-refractivity contribution in [3.8, 4) is 0 Å². The first-order valence-electron chi connectivity index (χ1n) is 12.5. The Morgan fingerprint density at radius 1 is 0.838 bits per heavy atom. The molecule has 0 fully saturated rings. The second-order valence-corrected chi connectivity index (χ2v) is 9.91. The molecule has 0 amide bonds. The van der Waals surface area contributed by atoms with Gasteiger partial charge in [-0.1, -0.05) is 44.2 Å². The number of hydrogen-bond donors (Lipinski definition) is 3. The van der Waals surface area contributed by atoms with E-state index in [2.05, 4.69) is 31.0 Å². The summed E-state index contributed by atoms with van der Waals surface area (Å²) in [6.07, 6.45) is 0.528. The molecule has 10 heteroatoms. The van der Waals surface area contributed by atoms with Crippen LogP contribution >= 0.6 is 0 Å². The Kier molecular flexibility index (Phi) is 10.1. The van der Waals surface area contributed by atoms with E-state index in [9.17, 15) is 29.7 Å². The fourth-order valence-corrected chi connectivity index (χ4v) is 4.66. The van der Waals surface area contributed by atoms with E-state index in [0.717, 1.165) is 5.56 Å². The van der Waals surface area contributed by atoms with Crippen molar-refractivity contribution in [3.05, 3.63) is 65.0 Å². The average Bonchev–Trinajstić information content (AvgIpc) is 2.80. The van der Waals surface area contributed by atoms with Crippen LogP contribution < -0.4 is 0 Å². The standard InChI is InChI=1S/C27H36N4O6/c1-19(2)21-8-6-20(7-9-21)12-24-15-30(17-26(34)35)11-10-29(16-25(32)33)13-22-4-3-5-23(28-22)14-31(24)18-27(36)37/h3-9,19,24H,10-18H2,1-2H3,(H,32,33)(H,34,35)(H,36,37)/t24-/m0/s1. The van der Waals surface area contributed by atoms with Gasteiger partial charge in [0.25, 0.3) is 0 Å². The lowest BCUT2D eigenvalue weighted by molar-refractivity contribution is -0.141. The molecule has 1 aliphatic heterocycles. The first-order chi connectivity index (χ1) is 17.6. The predicted molar refractivity (Wildman–Crippen MR) is 137 cm³/mol. The fraction of sp³-hybridized carbons (Fsp3) is 0.481. The monoisotopic (exact) mass is 512 g/mol. The lowest BCUT2D eigenvalue weighted by atomic mass is 9.98. The van der Waals surface area contributed by atoms with E-state index in [0.29, 0.717) is 49.9 Å². The van der Waals surface area contributed by atoms with E-state index in [-0.39, 0.29) is 32.2 Å². The lowest BCUT2D eigenvalue weighted by Crippen LogP contribution is -2.50. The molecule has 10 nitrogen and oxygen atoms in total. The van der Waals surface area contributed by atoms with Crippen LogP contribution in [0.2, 0.25) is 0 Å². The van der Waals surface area contributed by atoms with Gasteiger partial charge in [-0.25, -0.2) is 0 Å². The number of nitrogens with zero attached hydrogens (tertiary/aromatic N) is 4. The molecule has 0 aliphatic carbocycles. The quantitative estimate of drug-likeness (QED) is 0.458. The zero-order chi connectivity index (χ0) is 26.9. The Hall–Kier alpha value is -3.34. The number of aromatic nitrogens is 1. The van der Waals surface area contributed by atoms with Gasteiger partial charge in [-0.05, 0) is 35.6 Å². The number of carbonyl (C=O) groups is 3. The van der Waals surface area contributed by atoms with Crippen LogP contribution in [0.1, 0.15) is 42.3 Å². The van der Waals surface area contributed by atoms with Crippen LogP contribution in [-0.4, -0.2) is 98.2 Å². The van der Waals surface area contributed by atoms with Gasteiger partial charge in [-0.2, -0.15) is 0 Å². The maximum absolute atomic E-state index is 11.9. The molecular formula is C27H36N4O6. The number of pyridine rings is 1. The van der Waals surface area contributed by atoms with Gasteiger partial charge in [0.15, 0.2) is 0 Å². The minimum atomic E-state index is -0.992. The van der Waals surface area contributed by atoms with Crippen molar-refractivity contribution in [3.63, 3.8) is 0 Å². The topological polar surface area (TPSA) is 135 Å². The summed E-state index contributed by atoms with van der Waals surface area (Å²) in [6.45, 7) is 5.14. The molecule has 0 saturated heterocycles. The zero-order valence-electron chi connectivity index (χ0n) is 21.4. The number of carboxylic acids is 3. The van der Waals surface area contributed by atoms with Crippen LogP contribution in [-0.2, 0) is 33.9 Å². The summed E-state index contributed by atoms with van der Waals surface area (Å²) >= 11 is 0. The lowest BCUT2D eigenvalue weighted by Gasteiger charge is -2.36. The van der Waals surface area contributed by atoms with Gasteiger partial charge in [-0.3, -0.25) is 34.1 Å². The highest BCUT2D eigenvalue weighted by Gasteiger charge is 2.27. The van der Waals surface area contributed by atoms with E-state index in [1.54, 1.807) is 9.80 Å². The van der Waals surface area contributed by atoms with Crippen LogP contribution in [0.25, 0.3) is 0 Å². The summed E-state index contributed by atoms with van der Waals surface area (Å²) in [5, 5.41) is 28.7. The Bertz CT molecular complexity index is 1070. The molecule has 2 aromatic rings. The first kappa shape index (κ1) is 28.2. The Morgan fingerprint density at radius 2 is 1.41 bits per heavy atom. The molecule has 3 rings (SSSR count). The van der Waals surface area contributed by atoms with Crippen LogP contribution in [0.5, 0.6) is 0 Å². The van der Waals surface area contributed by atoms with Crippen molar-refractivity contribution in [2.45, 2.75) is 45.3 Å². The van der Waals surface area contributed by atoms with Gasteiger partial charge >= 0.3 is 17.9 Å². The largest absolute Gasteiger partial charge is 0.480 e. The number of benzene rings is 1. The minimum Gasteiger partial charge on any atom is -0.480 e. The van der Waals surface area contributed by atoms with Crippen molar-refractivity contribution in [1.82, 2.24) is 19.7 Å². The molecule has 1 aromatic heterocycles.